The lowest BCUT2D eigenvalue weighted by Crippen LogP contribution is -2.51. The van der Waals surface area contributed by atoms with E-state index in [2.05, 4.69) is 33.9 Å². The van der Waals surface area contributed by atoms with Gasteiger partial charge in [-0.3, -0.25) is 4.79 Å². The normalized spacial score (nSPS) is 37.4. The molecule has 0 bridgehead atoms. The molecule has 0 spiro atoms. The molecule has 0 radical (unpaired) electrons. The van der Waals surface area contributed by atoms with E-state index < -0.39 is 8.32 Å². The van der Waals surface area contributed by atoms with Crippen LogP contribution in [0.4, 0.5) is 0 Å². The highest BCUT2D eigenvalue weighted by Gasteiger charge is 2.60. The van der Waals surface area contributed by atoms with Gasteiger partial charge in [0.2, 0.25) is 0 Å². The number of esters is 1. The largest absolute Gasteiger partial charge is 0.458 e. The third-order valence-corrected chi connectivity index (χ3v) is 9.29. The van der Waals surface area contributed by atoms with Crippen LogP contribution in [0.3, 0.4) is 0 Å². The van der Waals surface area contributed by atoms with Gasteiger partial charge >= 0.3 is 5.97 Å². The van der Waals surface area contributed by atoms with E-state index in [0.717, 1.165) is 12.8 Å². The third-order valence-electron chi connectivity index (χ3n) is 4.75. The molecule has 0 aromatic rings. The second kappa shape index (κ2) is 3.57. The monoisotopic (exact) mass is 256 g/mol. The Balaban J connectivity index is 2.01. The van der Waals surface area contributed by atoms with E-state index in [0.29, 0.717) is 0 Å². The first kappa shape index (κ1) is 13.1. The van der Waals surface area contributed by atoms with Gasteiger partial charge in [-0.05, 0) is 31.5 Å². The van der Waals surface area contributed by atoms with E-state index in [1.807, 2.05) is 6.92 Å². The smallest absolute Gasteiger partial charge is 0.313 e. The van der Waals surface area contributed by atoms with Gasteiger partial charge in [0.05, 0.1) is 5.92 Å². The fourth-order valence-corrected chi connectivity index (χ4v) is 3.94. The Bertz CT molecular complexity index is 345. The van der Waals surface area contributed by atoms with Crippen LogP contribution in [0.25, 0.3) is 0 Å². The SMILES string of the molecule is CC(C)(C)[Si](C)(C)OC1C[C@H]2C(=O)O[C@@]2(C)C1. The molecule has 4 heteroatoms. The van der Waals surface area contributed by atoms with Crippen LogP contribution in [-0.4, -0.2) is 26.0 Å². The van der Waals surface area contributed by atoms with Crippen molar-refractivity contribution >= 4 is 14.3 Å². The fraction of sp³-hybridized carbons (Fsp3) is 0.923. The van der Waals surface area contributed by atoms with E-state index in [1.165, 1.54) is 0 Å². The highest BCUT2D eigenvalue weighted by atomic mass is 28.4. The summed E-state index contributed by atoms with van der Waals surface area (Å²) in [7, 11) is -1.72. The van der Waals surface area contributed by atoms with E-state index in [-0.39, 0.29) is 28.6 Å². The second-order valence-corrected chi connectivity index (χ2v) is 12.0. The minimum atomic E-state index is -1.72. The zero-order valence-electron chi connectivity index (χ0n) is 11.8. The summed E-state index contributed by atoms with van der Waals surface area (Å²) in [5, 5.41) is 0.223. The maximum Gasteiger partial charge on any atom is 0.313 e. The summed E-state index contributed by atoms with van der Waals surface area (Å²) in [6.45, 7) is 13.3. The minimum absolute atomic E-state index is 0.0335. The van der Waals surface area contributed by atoms with Crippen molar-refractivity contribution in [3.05, 3.63) is 0 Å². The number of ether oxygens (including phenoxy) is 1. The topological polar surface area (TPSA) is 35.5 Å². The maximum atomic E-state index is 11.4. The van der Waals surface area contributed by atoms with Gasteiger partial charge in [-0.2, -0.15) is 0 Å². The number of carbonyl (C=O) groups is 1. The highest BCUT2D eigenvalue weighted by molar-refractivity contribution is 6.74. The predicted octanol–water partition coefficient (Wildman–Crippen LogP) is 3.10. The lowest BCUT2D eigenvalue weighted by Gasteiger charge is -2.40. The number of hydrogen-bond donors (Lipinski definition) is 0. The van der Waals surface area contributed by atoms with Gasteiger partial charge < -0.3 is 9.16 Å². The number of fused-ring (bicyclic) bond motifs is 1. The minimum Gasteiger partial charge on any atom is -0.458 e. The van der Waals surface area contributed by atoms with Crippen LogP contribution in [0.2, 0.25) is 18.1 Å². The van der Waals surface area contributed by atoms with Crippen molar-refractivity contribution in [2.75, 3.05) is 0 Å². The summed E-state index contributed by atoms with van der Waals surface area (Å²) < 4.78 is 11.6. The Morgan fingerprint density at radius 1 is 1.41 bits per heavy atom. The van der Waals surface area contributed by atoms with Crippen molar-refractivity contribution in [1.82, 2.24) is 0 Å². The van der Waals surface area contributed by atoms with Gasteiger partial charge in [0, 0.05) is 12.5 Å². The highest BCUT2D eigenvalue weighted by Crippen LogP contribution is 2.50. The zero-order chi connectivity index (χ0) is 13.1. The Kier molecular flexibility index (Phi) is 2.75. The molecule has 17 heavy (non-hydrogen) atoms. The van der Waals surface area contributed by atoms with Crippen molar-refractivity contribution in [2.45, 2.75) is 70.4 Å². The lowest BCUT2D eigenvalue weighted by molar-refractivity contribution is -0.202. The summed E-state index contributed by atoms with van der Waals surface area (Å²) in [5.41, 5.74) is -0.232. The summed E-state index contributed by atoms with van der Waals surface area (Å²) in [6, 6.07) is 0. The molecule has 3 nitrogen and oxygen atoms in total. The average molecular weight is 256 g/mol. The van der Waals surface area contributed by atoms with E-state index in [9.17, 15) is 4.79 Å². The van der Waals surface area contributed by atoms with Crippen molar-refractivity contribution in [1.29, 1.82) is 0 Å². The average Bonchev–Trinajstić information content (AvgIpc) is 2.34. The Morgan fingerprint density at radius 2 is 2.00 bits per heavy atom. The fourth-order valence-electron chi connectivity index (χ4n) is 2.57. The predicted molar refractivity (Wildman–Crippen MR) is 69.3 cm³/mol. The van der Waals surface area contributed by atoms with Crippen LogP contribution in [0.1, 0.15) is 40.5 Å². The first-order valence-electron chi connectivity index (χ1n) is 6.46. The molecule has 2 rings (SSSR count). The summed E-state index contributed by atoms with van der Waals surface area (Å²) in [5.74, 6) is 0.0473. The van der Waals surface area contributed by atoms with Crippen molar-refractivity contribution in [2.24, 2.45) is 5.92 Å². The molecule has 98 valence electrons. The molecular formula is C13H24O3Si. The Morgan fingerprint density at radius 3 is 2.41 bits per heavy atom. The van der Waals surface area contributed by atoms with Gasteiger partial charge in [0.25, 0.3) is 0 Å². The van der Waals surface area contributed by atoms with Crippen molar-refractivity contribution in [3.63, 3.8) is 0 Å². The number of rotatable bonds is 2. The van der Waals surface area contributed by atoms with Crippen LogP contribution < -0.4 is 0 Å². The molecule has 1 saturated carbocycles. The molecule has 1 unspecified atom stereocenters. The quantitative estimate of drug-likeness (QED) is 0.562. The molecule has 1 aliphatic heterocycles. The maximum absolute atomic E-state index is 11.4. The van der Waals surface area contributed by atoms with E-state index in [4.69, 9.17) is 9.16 Å². The van der Waals surface area contributed by atoms with Crippen molar-refractivity contribution in [3.8, 4) is 0 Å². The van der Waals surface area contributed by atoms with Crippen LogP contribution in [-0.2, 0) is 14.0 Å². The number of hydrogen-bond acceptors (Lipinski definition) is 3. The van der Waals surface area contributed by atoms with Gasteiger partial charge in [-0.15, -0.1) is 0 Å². The van der Waals surface area contributed by atoms with Crippen LogP contribution in [0, 0.1) is 5.92 Å². The molecule has 1 heterocycles. The van der Waals surface area contributed by atoms with Gasteiger partial charge in [0.15, 0.2) is 8.32 Å². The third kappa shape index (κ3) is 2.06. The van der Waals surface area contributed by atoms with Crippen LogP contribution in [0.15, 0.2) is 0 Å². The number of carbonyl (C=O) groups excluding carboxylic acids is 1. The second-order valence-electron chi connectivity index (χ2n) is 7.23. The zero-order valence-corrected chi connectivity index (χ0v) is 12.8. The molecule has 0 N–H and O–H groups in total. The van der Waals surface area contributed by atoms with E-state index in [1.54, 1.807) is 0 Å². The Hall–Kier alpha value is -0.353. The molecule has 0 amide bonds. The molecule has 2 fully saturated rings. The molecule has 3 atom stereocenters. The van der Waals surface area contributed by atoms with Crippen molar-refractivity contribution < 1.29 is 14.0 Å². The Labute approximate surface area is 105 Å². The standard InChI is InChI=1S/C13H24O3Si/c1-12(2,3)17(5,6)16-9-7-10-11(14)15-13(10,4)8-9/h9-10H,7-8H2,1-6H3/t9?,10-,13-/m0/s1. The van der Waals surface area contributed by atoms with Crippen LogP contribution in [0.5, 0.6) is 0 Å². The first-order valence-corrected chi connectivity index (χ1v) is 9.37. The van der Waals surface area contributed by atoms with Crippen LogP contribution >= 0.6 is 0 Å². The molecule has 0 aromatic carbocycles. The molecule has 1 saturated heterocycles. The summed E-state index contributed by atoms with van der Waals surface area (Å²) >= 11 is 0. The van der Waals surface area contributed by atoms with Gasteiger partial charge in [-0.1, -0.05) is 20.8 Å². The molecule has 0 aromatic heterocycles. The summed E-state index contributed by atoms with van der Waals surface area (Å²) in [4.78, 5) is 11.4. The molecular weight excluding hydrogens is 232 g/mol. The van der Waals surface area contributed by atoms with Gasteiger partial charge in [0.1, 0.15) is 5.60 Å². The molecule has 2 aliphatic rings. The summed E-state index contributed by atoms with van der Waals surface area (Å²) in [6.07, 6.45) is 1.93. The first-order chi connectivity index (χ1) is 7.55. The molecule has 1 aliphatic carbocycles. The lowest BCUT2D eigenvalue weighted by atomic mass is 9.87. The van der Waals surface area contributed by atoms with Gasteiger partial charge in [-0.25, -0.2) is 0 Å². The van der Waals surface area contributed by atoms with E-state index >= 15 is 0 Å².